The van der Waals surface area contributed by atoms with Gasteiger partial charge in [0.2, 0.25) is 0 Å². The first-order valence-corrected chi connectivity index (χ1v) is 6.51. The fourth-order valence-corrected chi connectivity index (χ4v) is 2.15. The van der Waals surface area contributed by atoms with Crippen LogP contribution in [0.1, 0.15) is 25.8 Å². The van der Waals surface area contributed by atoms with Crippen LogP contribution in [0.2, 0.25) is 0 Å². The van der Waals surface area contributed by atoms with E-state index in [-0.39, 0.29) is 0 Å². The van der Waals surface area contributed by atoms with E-state index in [1.807, 2.05) is 0 Å². The van der Waals surface area contributed by atoms with Crippen molar-refractivity contribution in [2.45, 2.75) is 38.5 Å². The van der Waals surface area contributed by atoms with Crippen LogP contribution in [0, 0.1) is 0 Å². The van der Waals surface area contributed by atoms with E-state index >= 15 is 0 Å². The van der Waals surface area contributed by atoms with Gasteiger partial charge in [-0.3, -0.25) is 0 Å². The molecule has 7 nitrogen and oxygen atoms in total. The Balaban J connectivity index is 2.67. The Morgan fingerprint density at radius 3 is 2.53 bits per heavy atom. The van der Waals surface area contributed by atoms with Gasteiger partial charge in [-0.15, -0.1) is 11.3 Å². The lowest BCUT2D eigenvalue weighted by molar-refractivity contribution is -0.141. The summed E-state index contributed by atoms with van der Waals surface area (Å²) in [7, 11) is 0. The zero-order valence-electron chi connectivity index (χ0n) is 10.9. The van der Waals surface area contributed by atoms with E-state index in [4.69, 9.17) is 5.11 Å². The molecule has 2 amide bonds. The van der Waals surface area contributed by atoms with Gasteiger partial charge < -0.3 is 20.8 Å². The van der Waals surface area contributed by atoms with Crippen molar-refractivity contribution in [3.8, 4) is 0 Å². The van der Waals surface area contributed by atoms with Crippen LogP contribution in [0.25, 0.3) is 0 Å². The average Bonchev–Trinajstić information content (AvgIpc) is 2.78. The monoisotopic (exact) mass is 287 g/mol. The summed E-state index contributed by atoms with van der Waals surface area (Å²) >= 11 is 1.38. The molecule has 0 radical (unpaired) electrons. The third-order valence-electron chi connectivity index (χ3n) is 2.43. The number of thiazole rings is 1. The molecule has 1 rings (SSSR count). The normalized spacial score (nSPS) is 14.5. The molecule has 0 fully saturated rings. The molecular weight excluding hydrogens is 270 g/mol. The summed E-state index contributed by atoms with van der Waals surface area (Å²) in [5.41, 5.74) is -0.722. The number of carboxylic acids is 1. The summed E-state index contributed by atoms with van der Waals surface area (Å²) < 4.78 is 0. The first kappa shape index (κ1) is 15.4. The van der Waals surface area contributed by atoms with Gasteiger partial charge in [-0.25, -0.2) is 14.6 Å². The molecule has 8 heteroatoms. The zero-order chi connectivity index (χ0) is 14.6. The molecular formula is C11H17N3O4S. The van der Waals surface area contributed by atoms with Gasteiger partial charge in [-0.2, -0.15) is 0 Å². The van der Waals surface area contributed by atoms with E-state index in [0.29, 0.717) is 5.01 Å². The minimum absolute atomic E-state index is 0.673. The second kappa shape index (κ2) is 5.98. The molecule has 0 aromatic carbocycles. The Kier molecular flexibility index (Phi) is 4.84. The summed E-state index contributed by atoms with van der Waals surface area (Å²) in [6.07, 6.45) is 0.434. The van der Waals surface area contributed by atoms with Gasteiger partial charge >= 0.3 is 12.0 Å². The topological polar surface area (TPSA) is 112 Å². The number of carbonyl (C=O) groups is 2. The largest absolute Gasteiger partial charge is 0.480 e. The summed E-state index contributed by atoms with van der Waals surface area (Å²) in [6.45, 7) is 4.80. The molecule has 19 heavy (non-hydrogen) atoms. The number of aliphatic hydroxyl groups excluding tert-OH is 1. The Morgan fingerprint density at radius 2 is 2.11 bits per heavy atom. The van der Waals surface area contributed by atoms with Crippen molar-refractivity contribution < 1.29 is 19.8 Å². The highest BCUT2D eigenvalue weighted by Gasteiger charge is 2.29. The van der Waals surface area contributed by atoms with Gasteiger partial charge in [0, 0.05) is 11.6 Å². The second-order valence-electron chi connectivity index (χ2n) is 4.62. The van der Waals surface area contributed by atoms with Gasteiger partial charge in [0.05, 0.1) is 11.6 Å². The minimum Gasteiger partial charge on any atom is -0.480 e. The average molecular weight is 287 g/mol. The van der Waals surface area contributed by atoms with E-state index in [0.717, 1.165) is 0 Å². The van der Waals surface area contributed by atoms with Gasteiger partial charge in [0.15, 0.2) is 6.04 Å². The van der Waals surface area contributed by atoms with Crippen LogP contribution in [-0.2, 0) is 10.3 Å². The van der Waals surface area contributed by atoms with Gasteiger partial charge in [-0.05, 0) is 20.8 Å². The molecule has 4 N–H and O–H groups in total. The van der Waals surface area contributed by atoms with E-state index in [2.05, 4.69) is 15.6 Å². The highest BCUT2D eigenvalue weighted by atomic mass is 32.1. The molecule has 1 heterocycles. The van der Waals surface area contributed by atoms with Gasteiger partial charge in [0.25, 0.3) is 0 Å². The summed E-state index contributed by atoms with van der Waals surface area (Å²) in [4.78, 5) is 26.7. The van der Waals surface area contributed by atoms with E-state index in [1.54, 1.807) is 25.4 Å². The van der Waals surface area contributed by atoms with Crippen LogP contribution < -0.4 is 10.6 Å². The number of amides is 2. The van der Waals surface area contributed by atoms with E-state index < -0.39 is 29.7 Å². The van der Waals surface area contributed by atoms with Crippen molar-refractivity contribution in [2.75, 3.05) is 0 Å². The molecule has 1 aromatic heterocycles. The number of hydrogen-bond acceptors (Lipinski definition) is 5. The molecule has 0 spiro atoms. The summed E-state index contributed by atoms with van der Waals surface area (Å²) in [5.74, 6) is -1.29. The number of aromatic nitrogens is 1. The third-order valence-corrected chi connectivity index (χ3v) is 3.52. The molecule has 0 aliphatic carbocycles. The summed E-state index contributed by atoms with van der Waals surface area (Å²) in [5, 5.41) is 25.5. The molecule has 0 saturated heterocycles. The van der Waals surface area contributed by atoms with Crippen LogP contribution in [0.15, 0.2) is 11.6 Å². The smallest absolute Gasteiger partial charge is 0.328 e. The molecule has 106 valence electrons. The van der Waals surface area contributed by atoms with E-state index in [1.165, 1.54) is 18.3 Å². The first-order valence-electron chi connectivity index (χ1n) is 5.63. The zero-order valence-corrected chi connectivity index (χ0v) is 11.7. The van der Waals surface area contributed by atoms with Crippen molar-refractivity contribution in [1.82, 2.24) is 15.6 Å². The van der Waals surface area contributed by atoms with Crippen molar-refractivity contribution >= 4 is 23.3 Å². The predicted molar refractivity (Wildman–Crippen MR) is 69.9 cm³/mol. The van der Waals surface area contributed by atoms with Gasteiger partial charge in [-0.1, -0.05) is 0 Å². The number of carbonyl (C=O) groups excluding carboxylic acids is 1. The molecule has 0 bridgehead atoms. The number of aliphatic carboxylic acids is 1. The molecule has 1 aromatic rings. The highest BCUT2D eigenvalue weighted by molar-refractivity contribution is 7.09. The number of urea groups is 1. The highest BCUT2D eigenvalue weighted by Crippen LogP contribution is 2.21. The lowest BCUT2D eigenvalue weighted by atomic mass is 10.1. The Morgan fingerprint density at radius 1 is 1.47 bits per heavy atom. The third kappa shape index (κ3) is 4.18. The fourth-order valence-electron chi connectivity index (χ4n) is 1.44. The molecule has 2 atom stereocenters. The van der Waals surface area contributed by atoms with Crippen LogP contribution >= 0.6 is 11.3 Å². The second-order valence-corrected chi connectivity index (χ2v) is 5.51. The number of hydrogen-bond donors (Lipinski definition) is 4. The Hall–Kier alpha value is -1.67. The SMILES string of the molecule is CC(O)C(NC(=O)NC(C)(C)c1nccs1)C(=O)O. The van der Waals surface area contributed by atoms with Crippen molar-refractivity contribution in [1.29, 1.82) is 0 Å². The van der Waals surface area contributed by atoms with Crippen molar-refractivity contribution in [3.05, 3.63) is 16.6 Å². The quantitative estimate of drug-likeness (QED) is 0.630. The van der Waals surface area contributed by atoms with Gasteiger partial charge in [0.1, 0.15) is 5.01 Å². The first-order chi connectivity index (χ1) is 8.74. The standard InChI is InChI=1S/C11H17N3O4S/c1-6(15)7(8(16)17)13-10(18)14-11(2,3)9-12-4-5-19-9/h4-7,15H,1-3H3,(H,16,17)(H2,13,14,18). The molecule has 0 aliphatic heterocycles. The lowest BCUT2D eigenvalue weighted by Crippen LogP contribution is -2.54. The summed E-state index contributed by atoms with van der Waals surface area (Å²) in [6, 6.07) is -2.03. The fraction of sp³-hybridized carbons (Fsp3) is 0.545. The number of rotatable bonds is 5. The van der Waals surface area contributed by atoms with Crippen LogP contribution in [-0.4, -0.2) is 39.3 Å². The van der Waals surface area contributed by atoms with Crippen molar-refractivity contribution in [3.63, 3.8) is 0 Å². The number of aliphatic hydroxyl groups is 1. The van der Waals surface area contributed by atoms with Crippen LogP contribution in [0.3, 0.4) is 0 Å². The maximum absolute atomic E-state index is 11.8. The van der Waals surface area contributed by atoms with E-state index in [9.17, 15) is 14.7 Å². The number of carboxylic acid groups (broad SMARTS) is 1. The van der Waals surface area contributed by atoms with Crippen molar-refractivity contribution in [2.24, 2.45) is 0 Å². The number of nitrogens with zero attached hydrogens (tertiary/aromatic N) is 1. The number of nitrogens with one attached hydrogen (secondary N) is 2. The Labute approximate surface area is 114 Å². The lowest BCUT2D eigenvalue weighted by Gasteiger charge is -2.26. The Bertz CT molecular complexity index is 445. The van der Waals surface area contributed by atoms with Crippen LogP contribution in [0.4, 0.5) is 4.79 Å². The maximum Gasteiger partial charge on any atom is 0.328 e. The predicted octanol–water partition coefficient (Wildman–Crippen LogP) is 0.511. The molecule has 0 saturated carbocycles. The minimum atomic E-state index is -1.35. The van der Waals surface area contributed by atoms with Crippen LogP contribution in [0.5, 0.6) is 0 Å². The molecule has 0 aliphatic rings. The molecule has 2 unspecified atom stereocenters. The maximum atomic E-state index is 11.8.